The maximum Gasteiger partial charge on any atom is 0.226 e. The van der Waals surface area contributed by atoms with E-state index in [0.29, 0.717) is 0 Å². The number of carbonyl (C=O) groups is 1. The highest BCUT2D eigenvalue weighted by atomic mass is 16.1. The molecule has 0 fully saturated rings. The minimum absolute atomic E-state index is 0.0590. The quantitative estimate of drug-likeness (QED) is 0.803. The zero-order valence-electron chi connectivity index (χ0n) is 14.9. The summed E-state index contributed by atoms with van der Waals surface area (Å²) in [6.45, 7) is 11.4. The van der Waals surface area contributed by atoms with E-state index in [4.69, 9.17) is 12.3 Å². The molecule has 130 valence electrons. The van der Waals surface area contributed by atoms with Crippen LogP contribution in [0.1, 0.15) is 31.5 Å². The van der Waals surface area contributed by atoms with Crippen molar-refractivity contribution in [2.75, 3.05) is 5.73 Å². The topological polar surface area (TPSA) is 73.2 Å². The predicted molar refractivity (Wildman–Crippen MR) is 99.9 cm³/mol. The Morgan fingerprint density at radius 3 is 2.69 bits per heavy atom. The fourth-order valence-electron chi connectivity index (χ4n) is 4.60. The van der Waals surface area contributed by atoms with Crippen LogP contribution >= 0.6 is 0 Å². The van der Waals surface area contributed by atoms with Gasteiger partial charge in [-0.05, 0) is 18.8 Å². The first-order valence-corrected chi connectivity index (χ1v) is 8.82. The molecule has 1 aromatic heterocycles. The summed E-state index contributed by atoms with van der Waals surface area (Å²) in [5, 5.41) is 0. The van der Waals surface area contributed by atoms with Crippen LogP contribution in [0.15, 0.2) is 42.1 Å². The Kier molecular flexibility index (Phi) is 3.66. The van der Waals surface area contributed by atoms with Crippen LogP contribution in [0.3, 0.4) is 0 Å². The number of benzene rings is 1. The lowest BCUT2D eigenvalue weighted by Crippen LogP contribution is -2.46. The molecule has 2 aliphatic carbocycles. The highest BCUT2D eigenvalue weighted by molar-refractivity contribution is 6.00. The molecule has 5 nitrogen and oxygen atoms in total. The van der Waals surface area contributed by atoms with E-state index >= 15 is 0 Å². The Morgan fingerprint density at radius 1 is 1.27 bits per heavy atom. The van der Waals surface area contributed by atoms with Crippen LogP contribution < -0.4 is 5.73 Å². The Morgan fingerprint density at radius 2 is 2.00 bits per heavy atom. The van der Waals surface area contributed by atoms with Crippen LogP contribution in [0, 0.1) is 18.4 Å². The van der Waals surface area contributed by atoms with Crippen LogP contribution in [-0.2, 0) is 16.6 Å². The molecular formula is C21H20N4O. The van der Waals surface area contributed by atoms with Gasteiger partial charge in [0.15, 0.2) is 5.78 Å². The number of rotatable bonds is 1. The molecule has 2 aromatic rings. The van der Waals surface area contributed by atoms with Gasteiger partial charge in [0.1, 0.15) is 0 Å². The van der Waals surface area contributed by atoms with Gasteiger partial charge in [-0.1, -0.05) is 50.3 Å². The van der Waals surface area contributed by atoms with Crippen LogP contribution in [0.4, 0.5) is 5.95 Å². The number of Topliss-reactive ketones (excluding diaryl/α,β-unsaturated/α-hetero) is 1. The lowest BCUT2D eigenvalue weighted by molar-refractivity contribution is -0.121. The maximum atomic E-state index is 12.5. The molecule has 0 amide bonds. The Hall–Kier alpha value is -3.00. The normalized spacial score (nSPS) is 27.1. The molecule has 0 saturated heterocycles. The number of anilines is 1. The molecule has 0 saturated carbocycles. The van der Waals surface area contributed by atoms with Gasteiger partial charge >= 0.3 is 0 Å². The summed E-state index contributed by atoms with van der Waals surface area (Å²) in [5.41, 5.74) is 9.59. The van der Waals surface area contributed by atoms with E-state index in [1.54, 1.807) is 0 Å². The van der Waals surface area contributed by atoms with Crippen molar-refractivity contribution in [2.24, 2.45) is 11.8 Å². The zero-order valence-corrected chi connectivity index (χ0v) is 14.9. The maximum absolute atomic E-state index is 12.5. The number of hydrogen-bond donors (Lipinski definition) is 1. The summed E-state index contributed by atoms with van der Waals surface area (Å²) >= 11 is 0. The largest absolute Gasteiger partial charge is 0.368 e. The third-order valence-electron chi connectivity index (χ3n) is 5.88. The van der Waals surface area contributed by atoms with Crippen LogP contribution in [0.2, 0.25) is 0 Å². The number of ketones is 1. The lowest BCUT2D eigenvalue weighted by atomic mass is 9.58. The van der Waals surface area contributed by atoms with Crippen molar-refractivity contribution in [1.29, 1.82) is 0 Å². The summed E-state index contributed by atoms with van der Waals surface area (Å²) in [6.07, 6.45) is 3.48. The average Bonchev–Trinajstić information content (AvgIpc) is 2.65. The van der Waals surface area contributed by atoms with Crippen molar-refractivity contribution < 1.29 is 4.79 Å². The molecule has 0 aliphatic heterocycles. The van der Waals surface area contributed by atoms with E-state index in [1.165, 1.54) is 0 Å². The fraction of sp³-hybridized carbons (Fsp3) is 0.333. The van der Waals surface area contributed by atoms with Gasteiger partial charge < -0.3 is 10.5 Å². The molecule has 5 heteroatoms. The van der Waals surface area contributed by atoms with Gasteiger partial charge in [0.2, 0.25) is 11.6 Å². The molecule has 3 atom stereocenters. The van der Waals surface area contributed by atoms with Gasteiger partial charge in [0.25, 0.3) is 0 Å². The molecular weight excluding hydrogens is 324 g/mol. The van der Waals surface area contributed by atoms with Gasteiger partial charge in [-0.15, -0.1) is 0 Å². The standard InChI is InChI=1S/C21H20N4O/c1-12-15-10-9-14-17(13-7-5-4-6-8-13)24-20(22)25-19(14)21(15,2)11-16(23-3)18(12)26/h4-8,11-12,15H,9-10H2,1-2H3,(H2,22,24,25)/t12-,15-,21-/m1/s1. The number of nitrogen functional groups attached to an aromatic ring is 1. The SMILES string of the molecule is [C-]#[N+]C1=C[C@@]2(C)c3nc(N)nc(-c4ccccc4)c3CC[C@@H]2[C@@H](C)C1=O. The molecule has 0 spiro atoms. The summed E-state index contributed by atoms with van der Waals surface area (Å²) in [5.74, 6) is 0.0903. The second kappa shape index (κ2) is 5.77. The van der Waals surface area contributed by atoms with Crippen molar-refractivity contribution in [3.05, 3.63) is 64.8 Å². The molecule has 0 bridgehead atoms. The minimum atomic E-state index is -0.485. The number of allylic oxidation sites excluding steroid dienone is 2. The highest BCUT2D eigenvalue weighted by Crippen LogP contribution is 2.50. The predicted octanol–water partition coefficient (Wildman–Crippen LogP) is 3.57. The number of nitrogens with zero attached hydrogens (tertiary/aromatic N) is 3. The zero-order chi connectivity index (χ0) is 18.5. The van der Waals surface area contributed by atoms with Crippen molar-refractivity contribution in [3.8, 4) is 11.3 Å². The first-order valence-electron chi connectivity index (χ1n) is 8.82. The van der Waals surface area contributed by atoms with Gasteiger partial charge in [0, 0.05) is 22.5 Å². The molecule has 1 heterocycles. The molecule has 1 aromatic carbocycles. The van der Waals surface area contributed by atoms with Crippen LogP contribution in [-0.4, -0.2) is 15.8 Å². The summed E-state index contributed by atoms with van der Waals surface area (Å²) in [6, 6.07) is 9.96. The minimum Gasteiger partial charge on any atom is -0.368 e. The van der Waals surface area contributed by atoms with E-state index in [2.05, 4.69) is 21.7 Å². The molecule has 2 aliphatic rings. The van der Waals surface area contributed by atoms with Crippen molar-refractivity contribution in [2.45, 2.75) is 32.1 Å². The number of nitrogens with two attached hydrogens (primary N) is 1. The summed E-state index contributed by atoms with van der Waals surface area (Å²) in [4.78, 5) is 25.1. The number of hydrogen-bond acceptors (Lipinski definition) is 4. The van der Waals surface area contributed by atoms with E-state index in [1.807, 2.05) is 43.3 Å². The fourth-order valence-corrected chi connectivity index (χ4v) is 4.60. The molecule has 2 N–H and O–H groups in total. The van der Waals surface area contributed by atoms with Gasteiger partial charge in [-0.3, -0.25) is 0 Å². The Bertz CT molecular complexity index is 973. The van der Waals surface area contributed by atoms with E-state index < -0.39 is 5.41 Å². The smallest absolute Gasteiger partial charge is 0.226 e. The number of fused-ring (bicyclic) bond motifs is 3. The summed E-state index contributed by atoms with van der Waals surface area (Å²) in [7, 11) is 0. The molecule has 0 unspecified atom stereocenters. The third kappa shape index (κ3) is 2.26. The summed E-state index contributed by atoms with van der Waals surface area (Å²) < 4.78 is 0. The first-order chi connectivity index (χ1) is 12.5. The van der Waals surface area contributed by atoms with Crippen molar-refractivity contribution in [3.63, 3.8) is 0 Å². The number of carbonyl (C=O) groups excluding carboxylic acids is 1. The van der Waals surface area contributed by atoms with Gasteiger partial charge in [0.05, 0.1) is 18.0 Å². The Labute approximate surface area is 152 Å². The van der Waals surface area contributed by atoms with Gasteiger partial charge in [-0.25, -0.2) is 14.8 Å². The van der Waals surface area contributed by atoms with E-state index in [0.717, 1.165) is 35.4 Å². The number of aromatic nitrogens is 2. The van der Waals surface area contributed by atoms with Crippen LogP contribution in [0.25, 0.3) is 16.1 Å². The van der Waals surface area contributed by atoms with Crippen molar-refractivity contribution in [1.82, 2.24) is 9.97 Å². The first kappa shape index (κ1) is 16.5. The van der Waals surface area contributed by atoms with E-state index in [-0.39, 0.29) is 29.3 Å². The molecule has 4 rings (SSSR count). The monoisotopic (exact) mass is 344 g/mol. The third-order valence-corrected chi connectivity index (χ3v) is 5.88. The van der Waals surface area contributed by atoms with Crippen LogP contribution in [0.5, 0.6) is 0 Å². The molecule has 26 heavy (non-hydrogen) atoms. The highest BCUT2D eigenvalue weighted by Gasteiger charge is 2.49. The molecule has 0 radical (unpaired) electrons. The van der Waals surface area contributed by atoms with Crippen molar-refractivity contribution >= 4 is 11.7 Å². The van der Waals surface area contributed by atoms with E-state index in [9.17, 15) is 4.79 Å². The second-order valence-electron chi connectivity index (χ2n) is 7.35. The van der Waals surface area contributed by atoms with Gasteiger partial charge in [-0.2, -0.15) is 0 Å². The Balaban J connectivity index is 1.98. The second-order valence-corrected chi connectivity index (χ2v) is 7.35. The average molecular weight is 344 g/mol. The lowest BCUT2D eigenvalue weighted by Gasteiger charge is -2.46.